The Balaban J connectivity index is 2.36. The van der Waals surface area contributed by atoms with E-state index in [1.807, 2.05) is 0 Å². The fourth-order valence-corrected chi connectivity index (χ4v) is 2.02. The molecule has 6 heteroatoms. The molecule has 0 aliphatic carbocycles. The first-order valence-corrected chi connectivity index (χ1v) is 6.32. The number of carboxylic acids is 1. The number of carboxylic acid groups (broad SMARTS) is 1. The van der Waals surface area contributed by atoms with Crippen molar-refractivity contribution in [3.63, 3.8) is 0 Å². The maximum atomic E-state index is 10.3. The molecule has 1 unspecified atom stereocenters. The van der Waals surface area contributed by atoms with Crippen LogP contribution in [0.3, 0.4) is 0 Å². The summed E-state index contributed by atoms with van der Waals surface area (Å²) in [5.41, 5.74) is 0.626. The van der Waals surface area contributed by atoms with Crippen molar-refractivity contribution in [1.29, 1.82) is 0 Å². The zero-order valence-electron chi connectivity index (χ0n) is 9.70. The number of aliphatic carboxylic acids is 1. The molecule has 1 atom stereocenters. The molecule has 3 N–H and O–H groups in total. The standard InChI is InChI=1S/C12H15Cl2NO3/c13-8-1-2-9(10(14)7-8)11(16)3-5-15-6-4-12(17)18/h1-2,7,11,15-16H,3-6H2,(H,17,18). The van der Waals surface area contributed by atoms with E-state index in [0.29, 0.717) is 35.1 Å². The third kappa shape index (κ3) is 5.23. The van der Waals surface area contributed by atoms with Crippen LogP contribution in [0.4, 0.5) is 0 Å². The number of nitrogens with one attached hydrogen (secondary N) is 1. The number of halogens is 2. The molecule has 0 heterocycles. The van der Waals surface area contributed by atoms with Crippen molar-refractivity contribution in [3.8, 4) is 0 Å². The minimum absolute atomic E-state index is 0.0673. The van der Waals surface area contributed by atoms with Gasteiger partial charge in [-0.05, 0) is 30.7 Å². The van der Waals surface area contributed by atoms with Crippen molar-refractivity contribution in [3.05, 3.63) is 33.8 Å². The van der Waals surface area contributed by atoms with Gasteiger partial charge in [0.1, 0.15) is 0 Å². The van der Waals surface area contributed by atoms with E-state index in [4.69, 9.17) is 28.3 Å². The summed E-state index contributed by atoms with van der Waals surface area (Å²) in [4.78, 5) is 10.3. The molecular formula is C12H15Cl2NO3. The van der Waals surface area contributed by atoms with Crippen LogP contribution >= 0.6 is 23.2 Å². The summed E-state index contributed by atoms with van der Waals surface area (Å²) >= 11 is 11.7. The number of benzene rings is 1. The van der Waals surface area contributed by atoms with Gasteiger partial charge in [0.05, 0.1) is 12.5 Å². The van der Waals surface area contributed by atoms with Gasteiger partial charge in [0, 0.05) is 16.6 Å². The molecule has 4 nitrogen and oxygen atoms in total. The SMILES string of the molecule is O=C(O)CCNCCC(O)c1ccc(Cl)cc1Cl. The first-order valence-electron chi connectivity index (χ1n) is 5.56. The van der Waals surface area contributed by atoms with Crippen LogP contribution in [0.15, 0.2) is 18.2 Å². The predicted octanol–water partition coefficient (Wildman–Crippen LogP) is 2.48. The molecule has 0 fully saturated rings. The van der Waals surface area contributed by atoms with Gasteiger partial charge >= 0.3 is 5.97 Å². The topological polar surface area (TPSA) is 69.6 Å². The van der Waals surface area contributed by atoms with Crippen LogP contribution in [0, 0.1) is 0 Å². The molecule has 0 amide bonds. The lowest BCUT2D eigenvalue weighted by Crippen LogP contribution is -2.21. The molecule has 0 spiro atoms. The second-order valence-corrected chi connectivity index (χ2v) is 4.71. The molecule has 0 saturated carbocycles. The van der Waals surface area contributed by atoms with Crippen molar-refractivity contribution in [2.75, 3.05) is 13.1 Å². The Kier molecular flexibility index (Phi) is 6.43. The third-order valence-corrected chi connectivity index (χ3v) is 2.99. The molecule has 1 rings (SSSR count). The lowest BCUT2D eigenvalue weighted by Gasteiger charge is -2.13. The Morgan fingerprint density at radius 2 is 2.06 bits per heavy atom. The number of aliphatic hydroxyl groups is 1. The minimum atomic E-state index is -0.844. The molecule has 0 aliphatic heterocycles. The van der Waals surface area contributed by atoms with E-state index in [0.717, 1.165) is 0 Å². The second kappa shape index (κ2) is 7.59. The van der Waals surface area contributed by atoms with Crippen molar-refractivity contribution in [2.45, 2.75) is 18.9 Å². The van der Waals surface area contributed by atoms with Gasteiger partial charge in [-0.3, -0.25) is 4.79 Å². The van der Waals surface area contributed by atoms with Crippen LogP contribution < -0.4 is 5.32 Å². The molecule has 0 radical (unpaired) electrons. The van der Waals surface area contributed by atoms with Gasteiger partial charge in [0.25, 0.3) is 0 Å². The molecule has 0 saturated heterocycles. The third-order valence-electron chi connectivity index (χ3n) is 2.43. The summed E-state index contributed by atoms with van der Waals surface area (Å²) in [6, 6.07) is 4.94. The quantitative estimate of drug-likeness (QED) is 0.675. The van der Waals surface area contributed by atoms with E-state index >= 15 is 0 Å². The first kappa shape index (κ1) is 15.2. The summed E-state index contributed by atoms with van der Waals surface area (Å²) < 4.78 is 0. The highest BCUT2D eigenvalue weighted by atomic mass is 35.5. The summed E-state index contributed by atoms with van der Waals surface area (Å²) in [5, 5.41) is 22.3. The van der Waals surface area contributed by atoms with Gasteiger partial charge in [0.2, 0.25) is 0 Å². The first-order chi connectivity index (χ1) is 8.50. The van der Waals surface area contributed by atoms with E-state index < -0.39 is 12.1 Å². The van der Waals surface area contributed by atoms with Crippen LogP contribution in [0.1, 0.15) is 24.5 Å². The average Bonchev–Trinajstić information content (AvgIpc) is 2.27. The molecule has 100 valence electrons. The van der Waals surface area contributed by atoms with Gasteiger partial charge in [-0.25, -0.2) is 0 Å². The molecular weight excluding hydrogens is 277 g/mol. The Hall–Kier alpha value is -0.810. The van der Waals surface area contributed by atoms with Crippen LogP contribution in [0.2, 0.25) is 10.0 Å². The number of hydrogen-bond acceptors (Lipinski definition) is 3. The fraction of sp³-hybridized carbons (Fsp3) is 0.417. The number of aliphatic hydroxyl groups excluding tert-OH is 1. The van der Waals surface area contributed by atoms with Gasteiger partial charge < -0.3 is 15.5 Å². The summed E-state index contributed by atoms with van der Waals surface area (Å²) in [6.45, 7) is 0.907. The lowest BCUT2D eigenvalue weighted by atomic mass is 10.1. The van der Waals surface area contributed by atoms with Gasteiger partial charge in [-0.15, -0.1) is 0 Å². The fourth-order valence-electron chi connectivity index (χ4n) is 1.49. The van der Waals surface area contributed by atoms with Crippen molar-refractivity contribution >= 4 is 29.2 Å². The molecule has 0 aliphatic rings. The van der Waals surface area contributed by atoms with Crippen LogP contribution in [0.25, 0.3) is 0 Å². The van der Waals surface area contributed by atoms with Gasteiger partial charge in [-0.2, -0.15) is 0 Å². The minimum Gasteiger partial charge on any atom is -0.481 e. The summed E-state index contributed by atoms with van der Waals surface area (Å²) in [6.07, 6.45) is -0.161. The Labute approximate surface area is 116 Å². The number of carbonyl (C=O) groups is 1. The smallest absolute Gasteiger partial charge is 0.304 e. The molecule has 18 heavy (non-hydrogen) atoms. The van der Waals surface area contributed by atoms with E-state index in [2.05, 4.69) is 5.32 Å². The molecule has 0 bridgehead atoms. The van der Waals surface area contributed by atoms with Crippen molar-refractivity contribution in [1.82, 2.24) is 5.32 Å². The van der Waals surface area contributed by atoms with Crippen LogP contribution in [-0.2, 0) is 4.79 Å². The van der Waals surface area contributed by atoms with E-state index in [1.54, 1.807) is 18.2 Å². The average molecular weight is 292 g/mol. The van der Waals surface area contributed by atoms with Gasteiger partial charge in [0.15, 0.2) is 0 Å². The highest BCUT2D eigenvalue weighted by molar-refractivity contribution is 6.35. The van der Waals surface area contributed by atoms with Crippen LogP contribution in [0.5, 0.6) is 0 Å². The van der Waals surface area contributed by atoms with Gasteiger partial charge in [-0.1, -0.05) is 29.3 Å². The summed E-state index contributed by atoms with van der Waals surface area (Å²) in [5.74, 6) is -0.844. The highest BCUT2D eigenvalue weighted by Crippen LogP contribution is 2.27. The Morgan fingerprint density at radius 1 is 1.33 bits per heavy atom. The van der Waals surface area contributed by atoms with Crippen LogP contribution in [-0.4, -0.2) is 29.3 Å². The predicted molar refractivity (Wildman–Crippen MR) is 71.2 cm³/mol. The maximum absolute atomic E-state index is 10.3. The van der Waals surface area contributed by atoms with E-state index in [1.165, 1.54) is 0 Å². The highest BCUT2D eigenvalue weighted by Gasteiger charge is 2.11. The largest absolute Gasteiger partial charge is 0.481 e. The normalized spacial score (nSPS) is 12.4. The number of hydrogen-bond donors (Lipinski definition) is 3. The lowest BCUT2D eigenvalue weighted by molar-refractivity contribution is -0.136. The Bertz CT molecular complexity index is 412. The second-order valence-electron chi connectivity index (χ2n) is 3.86. The molecule has 1 aromatic rings. The zero-order valence-corrected chi connectivity index (χ0v) is 11.2. The zero-order chi connectivity index (χ0) is 13.5. The summed E-state index contributed by atoms with van der Waals surface area (Å²) in [7, 11) is 0. The maximum Gasteiger partial charge on any atom is 0.304 e. The van der Waals surface area contributed by atoms with E-state index in [9.17, 15) is 9.90 Å². The Morgan fingerprint density at radius 3 is 2.67 bits per heavy atom. The molecule has 1 aromatic carbocycles. The molecule has 0 aromatic heterocycles. The monoisotopic (exact) mass is 291 g/mol. The van der Waals surface area contributed by atoms with Crippen molar-refractivity contribution < 1.29 is 15.0 Å². The van der Waals surface area contributed by atoms with E-state index in [-0.39, 0.29) is 6.42 Å². The number of rotatable bonds is 7. The van der Waals surface area contributed by atoms with Crippen molar-refractivity contribution in [2.24, 2.45) is 0 Å².